The summed E-state index contributed by atoms with van der Waals surface area (Å²) in [6, 6.07) is 18.0. The Morgan fingerprint density at radius 2 is 1.79 bits per heavy atom. The normalized spacial score (nSPS) is 10.8. The number of methoxy groups -OCH3 is 1. The summed E-state index contributed by atoms with van der Waals surface area (Å²) in [5, 5.41) is 4.34. The van der Waals surface area contributed by atoms with Gasteiger partial charge in [-0.05, 0) is 53.9 Å². The first-order valence-corrected chi connectivity index (χ1v) is 9.11. The van der Waals surface area contributed by atoms with Crippen molar-refractivity contribution in [2.45, 2.75) is 13.5 Å². The van der Waals surface area contributed by atoms with Gasteiger partial charge in [0.1, 0.15) is 11.6 Å². The molecule has 140 valence electrons. The molecule has 28 heavy (non-hydrogen) atoms. The van der Waals surface area contributed by atoms with Crippen LogP contribution in [-0.4, -0.2) is 17.1 Å². The Kier molecular flexibility index (Phi) is 4.81. The lowest BCUT2D eigenvalue weighted by Gasteiger charge is -2.10. The van der Waals surface area contributed by atoms with E-state index in [1.54, 1.807) is 7.11 Å². The summed E-state index contributed by atoms with van der Waals surface area (Å²) in [7, 11) is 1.67. The van der Waals surface area contributed by atoms with Crippen molar-refractivity contribution in [2.75, 3.05) is 18.2 Å². The van der Waals surface area contributed by atoms with Crippen molar-refractivity contribution in [3.8, 4) is 16.9 Å². The quantitative estimate of drug-likeness (QED) is 0.493. The van der Waals surface area contributed by atoms with Gasteiger partial charge in [-0.25, -0.2) is 4.98 Å². The predicted molar refractivity (Wildman–Crippen MR) is 114 cm³/mol. The van der Waals surface area contributed by atoms with Crippen LogP contribution in [0.15, 0.2) is 67.0 Å². The minimum absolute atomic E-state index is 0.684. The third-order valence-corrected chi connectivity index (χ3v) is 4.77. The number of nitrogens with two attached hydrogens (primary N) is 1. The molecular formula is C23H22N4O. The van der Waals surface area contributed by atoms with Crippen LogP contribution in [0.3, 0.4) is 0 Å². The fourth-order valence-electron chi connectivity index (χ4n) is 3.15. The molecule has 0 aliphatic carbocycles. The number of fused-ring (bicyclic) bond motifs is 1. The number of benzene rings is 2. The molecule has 2 aromatic carbocycles. The maximum Gasteiger partial charge on any atom is 0.128 e. The molecule has 0 aliphatic rings. The van der Waals surface area contributed by atoms with Gasteiger partial charge in [0, 0.05) is 41.6 Å². The van der Waals surface area contributed by atoms with Crippen molar-refractivity contribution in [1.82, 2.24) is 9.97 Å². The van der Waals surface area contributed by atoms with E-state index in [1.165, 1.54) is 5.56 Å². The third-order valence-electron chi connectivity index (χ3n) is 4.77. The molecule has 0 saturated carbocycles. The summed E-state index contributed by atoms with van der Waals surface area (Å²) in [4.78, 5) is 9.16. The average Bonchev–Trinajstić information content (AvgIpc) is 2.74. The molecule has 0 bridgehead atoms. The highest BCUT2D eigenvalue weighted by Crippen LogP contribution is 2.28. The molecule has 2 heterocycles. The zero-order valence-corrected chi connectivity index (χ0v) is 15.9. The van der Waals surface area contributed by atoms with E-state index < -0.39 is 0 Å². The van der Waals surface area contributed by atoms with Crippen LogP contribution >= 0.6 is 0 Å². The zero-order valence-electron chi connectivity index (χ0n) is 15.9. The number of nitrogens with one attached hydrogen (secondary N) is 1. The van der Waals surface area contributed by atoms with Crippen molar-refractivity contribution in [3.05, 3.63) is 78.1 Å². The Bertz CT molecular complexity index is 1120. The number of pyridine rings is 2. The zero-order chi connectivity index (χ0) is 19.5. The van der Waals surface area contributed by atoms with Gasteiger partial charge < -0.3 is 15.8 Å². The molecule has 4 rings (SSSR count). The molecular weight excluding hydrogens is 348 g/mol. The van der Waals surface area contributed by atoms with Crippen molar-refractivity contribution in [2.24, 2.45) is 0 Å². The summed E-state index contributed by atoms with van der Waals surface area (Å²) in [6.45, 7) is 2.76. The number of aromatic nitrogens is 2. The number of aryl methyl sites for hydroxylation is 1. The third kappa shape index (κ3) is 3.74. The van der Waals surface area contributed by atoms with Gasteiger partial charge in [0.2, 0.25) is 0 Å². The molecule has 0 saturated heterocycles. The maximum absolute atomic E-state index is 5.95. The van der Waals surface area contributed by atoms with Crippen LogP contribution in [0.25, 0.3) is 22.0 Å². The van der Waals surface area contributed by atoms with Gasteiger partial charge in [-0.15, -0.1) is 0 Å². The number of hydrogen-bond donors (Lipinski definition) is 2. The minimum Gasteiger partial charge on any atom is -0.497 e. The number of rotatable bonds is 5. The predicted octanol–water partition coefficient (Wildman–Crippen LogP) is 4.81. The van der Waals surface area contributed by atoms with E-state index >= 15 is 0 Å². The second-order valence-electron chi connectivity index (χ2n) is 6.76. The van der Waals surface area contributed by atoms with E-state index in [0.29, 0.717) is 6.54 Å². The molecule has 0 fully saturated rings. The highest BCUT2D eigenvalue weighted by Gasteiger charge is 2.06. The molecule has 3 N–H and O–H groups in total. The van der Waals surface area contributed by atoms with E-state index in [2.05, 4.69) is 28.3 Å². The topological polar surface area (TPSA) is 73.1 Å². The SMILES string of the molecule is COc1ccc(CNc2cc3ncc(-c4cc(N)ccc4C)cc3cn2)cc1. The summed E-state index contributed by atoms with van der Waals surface area (Å²) in [5.74, 6) is 1.65. The minimum atomic E-state index is 0.684. The van der Waals surface area contributed by atoms with Gasteiger partial charge in [0.15, 0.2) is 0 Å². The first kappa shape index (κ1) is 17.8. The van der Waals surface area contributed by atoms with Gasteiger partial charge in [0.25, 0.3) is 0 Å². The highest BCUT2D eigenvalue weighted by molar-refractivity contribution is 5.85. The molecule has 0 unspecified atom stereocenters. The Labute approximate surface area is 164 Å². The van der Waals surface area contributed by atoms with Gasteiger partial charge >= 0.3 is 0 Å². The number of ether oxygens (including phenoxy) is 1. The Morgan fingerprint density at radius 3 is 2.57 bits per heavy atom. The standard InChI is InChI=1S/C23H22N4O/c1-15-3-6-19(24)10-21(15)17-9-18-14-27-23(11-22(18)25-13-17)26-12-16-4-7-20(28-2)8-5-16/h3-11,13-14H,12,24H2,1-2H3,(H,26,27). The lowest BCUT2D eigenvalue weighted by atomic mass is 10.0. The van der Waals surface area contributed by atoms with E-state index in [0.717, 1.165) is 44.8 Å². The van der Waals surface area contributed by atoms with Crippen molar-refractivity contribution in [1.29, 1.82) is 0 Å². The molecule has 2 aromatic heterocycles. The second-order valence-corrected chi connectivity index (χ2v) is 6.76. The Balaban J connectivity index is 1.55. The Morgan fingerprint density at radius 1 is 0.964 bits per heavy atom. The molecule has 0 aliphatic heterocycles. The van der Waals surface area contributed by atoms with Crippen molar-refractivity contribution >= 4 is 22.4 Å². The molecule has 5 heteroatoms. The molecule has 4 aromatic rings. The van der Waals surface area contributed by atoms with Crippen molar-refractivity contribution < 1.29 is 4.74 Å². The summed E-state index contributed by atoms with van der Waals surface area (Å²) in [6.07, 6.45) is 3.74. The van der Waals surface area contributed by atoms with E-state index in [9.17, 15) is 0 Å². The highest BCUT2D eigenvalue weighted by atomic mass is 16.5. The van der Waals surface area contributed by atoms with Crippen LogP contribution < -0.4 is 15.8 Å². The molecule has 0 amide bonds. The first-order chi connectivity index (χ1) is 13.6. The number of nitrogen functional groups attached to an aromatic ring is 1. The number of nitrogens with zero attached hydrogens (tertiary/aromatic N) is 2. The monoisotopic (exact) mass is 370 g/mol. The number of hydrogen-bond acceptors (Lipinski definition) is 5. The van der Waals surface area contributed by atoms with Crippen LogP contribution in [0.4, 0.5) is 11.5 Å². The molecule has 0 spiro atoms. The van der Waals surface area contributed by atoms with E-state index in [4.69, 9.17) is 10.5 Å². The first-order valence-electron chi connectivity index (χ1n) is 9.11. The molecule has 0 atom stereocenters. The van der Waals surface area contributed by atoms with Gasteiger partial charge in [-0.1, -0.05) is 18.2 Å². The summed E-state index contributed by atoms with van der Waals surface area (Å²) in [5.41, 5.74) is 12.1. The smallest absolute Gasteiger partial charge is 0.128 e. The van der Waals surface area contributed by atoms with E-state index in [-0.39, 0.29) is 0 Å². The maximum atomic E-state index is 5.95. The molecule has 0 radical (unpaired) electrons. The number of anilines is 2. The fourth-order valence-corrected chi connectivity index (χ4v) is 3.15. The largest absolute Gasteiger partial charge is 0.497 e. The Hall–Kier alpha value is -3.60. The van der Waals surface area contributed by atoms with Gasteiger partial charge in [0.05, 0.1) is 12.6 Å². The van der Waals surface area contributed by atoms with Crippen LogP contribution in [0.5, 0.6) is 5.75 Å². The van der Waals surface area contributed by atoms with Crippen LogP contribution in [0.1, 0.15) is 11.1 Å². The van der Waals surface area contributed by atoms with Crippen LogP contribution in [0, 0.1) is 6.92 Å². The van der Waals surface area contributed by atoms with Crippen molar-refractivity contribution in [3.63, 3.8) is 0 Å². The summed E-state index contributed by atoms with van der Waals surface area (Å²) >= 11 is 0. The van der Waals surface area contributed by atoms with Gasteiger partial charge in [-0.3, -0.25) is 4.98 Å². The second kappa shape index (κ2) is 7.56. The fraction of sp³-hybridized carbons (Fsp3) is 0.130. The van der Waals surface area contributed by atoms with Gasteiger partial charge in [-0.2, -0.15) is 0 Å². The lowest BCUT2D eigenvalue weighted by molar-refractivity contribution is 0.414. The van der Waals surface area contributed by atoms with Crippen LogP contribution in [-0.2, 0) is 6.54 Å². The van der Waals surface area contributed by atoms with Crippen LogP contribution in [0.2, 0.25) is 0 Å². The van der Waals surface area contributed by atoms with E-state index in [1.807, 2.05) is 60.9 Å². The lowest BCUT2D eigenvalue weighted by Crippen LogP contribution is -2.01. The molecule has 5 nitrogen and oxygen atoms in total. The average molecular weight is 370 g/mol. The summed E-state index contributed by atoms with van der Waals surface area (Å²) < 4.78 is 5.19.